The van der Waals surface area contributed by atoms with Crippen LogP contribution in [-0.2, 0) is 11.3 Å². The molecule has 0 unspecified atom stereocenters. The van der Waals surface area contributed by atoms with Gasteiger partial charge in [0.2, 0.25) is 0 Å². The fourth-order valence-corrected chi connectivity index (χ4v) is 2.10. The Morgan fingerprint density at radius 2 is 1.72 bits per heavy atom. The number of hydrogen-bond acceptors (Lipinski definition) is 4. The molecule has 1 aromatic heterocycles. The lowest BCUT2D eigenvalue weighted by Crippen LogP contribution is -2.27. The number of halogens is 1. The average molecular weight is 345 g/mol. The molecule has 7 heteroatoms. The van der Waals surface area contributed by atoms with Crippen molar-refractivity contribution >= 4 is 11.8 Å². The van der Waals surface area contributed by atoms with Gasteiger partial charge in [0.25, 0.3) is 11.8 Å². The minimum atomic E-state index is -0.356. The van der Waals surface area contributed by atoms with Crippen LogP contribution in [-0.4, -0.2) is 37.1 Å². The highest BCUT2D eigenvalue weighted by molar-refractivity contribution is 5.99. The zero-order valence-corrected chi connectivity index (χ0v) is 13.9. The van der Waals surface area contributed by atoms with E-state index in [4.69, 9.17) is 4.74 Å². The van der Waals surface area contributed by atoms with Crippen molar-refractivity contribution < 1.29 is 18.7 Å². The van der Waals surface area contributed by atoms with E-state index in [1.54, 1.807) is 19.2 Å². The van der Waals surface area contributed by atoms with E-state index in [1.165, 1.54) is 30.6 Å². The quantitative estimate of drug-likeness (QED) is 0.716. The maximum Gasteiger partial charge on any atom is 0.253 e. The van der Waals surface area contributed by atoms with E-state index in [0.717, 1.165) is 5.56 Å². The molecule has 0 aliphatic carbocycles. The molecule has 2 amide bonds. The number of aromatic nitrogens is 1. The second kappa shape index (κ2) is 9.48. The van der Waals surface area contributed by atoms with Crippen molar-refractivity contribution in [3.05, 3.63) is 65.2 Å². The number of amides is 2. The standard InChI is InChI=1S/C18H20FN3O3/c1-25-8-2-7-21-17(23)14-9-15(12-20-11-14)18(24)22-10-13-3-5-16(19)6-4-13/h3-6,9,11-12H,2,7-8,10H2,1H3,(H,21,23)(H,22,24). The van der Waals surface area contributed by atoms with Gasteiger partial charge in [0.05, 0.1) is 11.1 Å². The topological polar surface area (TPSA) is 80.3 Å². The molecule has 0 aliphatic heterocycles. The summed E-state index contributed by atoms with van der Waals surface area (Å²) in [5.41, 5.74) is 1.37. The van der Waals surface area contributed by atoms with Gasteiger partial charge in [-0.05, 0) is 30.2 Å². The predicted octanol–water partition coefficient (Wildman–Crippen LogP) is 1.92. The Kier molecular flexibility index (Phi) is 7.03. The third-order valence-corrected chi connectivity index (χ3v) is 3.44. The van der Waals surface area contributed by atoms with E-state index < -0.39 is 0 Å². The highest BCUT2D eigenvalue weighted by Crippen LogP contribution is 2.05. The molecular weight excluding hydrogens is 325 g/mol. The van der Waals surface area contributed by atoms with Crippen LogP contribution < -0.4 is 10.6 Å². The monoisotopic (exact) mass is 345 g/mol. The van der Waals surface area contributed by atoms with Crippen molar-refractivity contribution in [1.29, 1.82) is 0 Å². The van der Waals surface area contributed by atoms with Crippen molar-refractivity contribution in [2.75, 3.05) is 20.3 Å². The highest BCUT2D eigenvalue weighted by Gasteiger charge is 2.11. The Hall–Kier alpha value is -2.80. The van der Waals surface area contributed by atoms with Crippen LogP contribution in [0.1, 0.15) is 32.7 Å². The lowest BCUT2D eigenvalue weighted by atomic mass is 10.1. The maximum absolute atomic E-state index is 12.9. The minimum absolute atomic E-state index is 0.257. The summed E-state index contributed by atoms with van der Waals surface area (Å²) >= 11 is 0. The number of nitrogens with zero attached hydrogens (tertiary/aromatic N) is 1. The van der Waals surface area contributed by atoms with Crippen molar-refractivity contribution in [3.8, 4) is 0 Å². The molecular formula is C18H20FN3O3. The SMILES string of the molecule is COCCCNC(=O)c1cncc(C(=O)NCc2ccc(F)cc2)c1. The molecule has 0 fully saturated rings. The lowest BCUT2D eigenvalue weighted by molar-refractivity contribution is 0.0948. The Labute approximate surface area is 145 Å². The average Bonchev–Trinajstić information content (AvgIpc) is 2.64. The summed E-state index contributed by atoms with van der Waals surface area (Å²) in [6, 6.07) is 7.34. The number of carbonyl (C=O) groups is 2. The number of nitrogens with one attached hydrogen (secondary N) is 2. The second-order valence-electron chi connectivity index (χ2n) is 5.37. The number of rotatable bonds is 8. The van der Waals surface area contributed by atoms with Crippen molar-refractivity contribution in [2.45, 2.75) is 13.0 Å². The van der Waals surface area contributed by atoms with Crippen LogP contribution >= 0.6 is 0 Å². The zero-order valence-electron chi connectivity index (χ0n) is 13.9. The van der Waals surface area contributed by atoms with Crippen LogP contribution in [0.3, 0.4) is 0 Å². The predicted molar refractivity (Wildman–Crippen MR) is 90.6 cm³/mol. The van der Waals surface area contributed by atoms with E-state index in [-0.39, 0.29) is 29.7 Å². The number of methoxy groups -OCH3 is 1. The second-order valence-corrected chi connectivity index (χ2v) is 5.37. The Balaban J connectivity index is 1.91. The number of pyridine rings is 1. The molecule has 0 radical (unpaired) electrons. The molecule has 0 bridgehead atoms. The molecule has 0 spiro atoms. The summed E-state index contributed by atoms with van der Waals surface area (Å²) in [7, 11) is 1.60. The number of benzene rings is 1. The minimum Gasteiger partial charge on any atom is -0.385 e. The molecule has 132 valence electrons. The summed E-state index contributed by atoms with van der Waals surface area (Å²) in [5.74, 6) is -0.980. The van der Waals surface area contributed by atoms with Crippen LogP contribution in [0.15, 0.2) is 42.7 Å². The largest absolute Gasteiger partial charge is 0.385 e. The molecule has 6 nitrogen and oxygen atoms in total. The normalized spacial score (nSPS) is 10.3. The first kappa shape index (κ1) is 18.5. The Bertz CT molecular complexity index is 720. The van der Waals surface area contributed by atoms with E-state index in [2.05, 4.69) is 15.6 Å². The molecule has 2 rings (SSSR count). The van der Waals surface area contributed by atoms with Gasteiger partial charge in [-0.15, -0.1) is 0 Å². The molecule has 0 aliphatic rings. The molecule has 2 aromatic rings. The van der Waals surface area contributed by atoms with E-state index in [0.29, 0.717) is 25.1 Å². The smallest absolute Gasteiger partial charge is 0.253 e. The molecule has 0 atom stereocenters. The van der Waals surface area contributed by atoms with Crippen LogP contribution in [0, 0.1) is 5.82 Å². The third kappa shape index (κ3) is 5.96. The van der Waals surface area contributed by atoms with Gasteiger partial charge in [-0.25, -0.2) is 4.39 Å². The summed E-state index contributed by atoms with van der Waals surface area (Å²) in [6.07, 6.45) is 3.50. The Morgan fingerprint density at radius 1 is 1.08 bits per heavy atom. The van der Waals surface area contributed by atoms with Gasteiger partial charge < -0.3 is 15.4 Å². The first-order valence-electron chi connectivity index (χ1n) is 7.85. The molecule has 1 aromatic carbocycles. The summed E-state index contributed by atoms with van der Waals surface area (Å²) in [6.45, 7) is 1.30. The fraction of sp³-hybridized carbons (Fsp3) is 0.278. The van der Waals surface area contributed by atoms with Gasteiger partial charge >= 0.3 is 0 Å². The van der Waals surface area contributed by atoms with Gasteiger partial charge in [-0.3, -0.25) is 14.6 Å². The summed E-state index contributed by atoms with van der Waals surface area (Å²) in [4.78, 5) is 28.2. The first-order valence-corrected chi connectivity index (χ1v) is 7.85. The maximum atomic E-state index is 12.9. The molecule has 25 heavy (non-hydrogen) atoms. The van der Waals surface area contributed by atoms with Gasteiger partial charge in [-0.1, -0.05) is 12.1 Å². The summed E-state index contributed by atoms with van der Waals surface area (Å²) in [5, 5.41) is 5.45. The van der Waals surface area contributed by atoms with Gasteiger partial charge in [-0.2, -0.15) is 0 Å². The van der Waals surface area contributed by atoms with Gasteiger partial charge in [0.15, 0.2) is 0 Å². The van der Waals surface area contributed by atoms with Crippen molar-refractivity contribution in [1.82, 2.24) is 15.6 Å². The van der Waals surface area contributed by atoms with Crippen molar-refractivity contribution in [2.24, 2.45) is 0 Å². The van der Waals surface area contributed by atoms with Crippen LogP contribution in [0.5, 0.6) is 0 Å². The van der Waals surface area contributed by atoms with E-state index >= 15 is 0 Å². The van der Waals surface area contributed by atoms with Gasteiger partial charge in [0, 0.05) is 39.2 Å². The molecule has 2 N–H and O–H groups in total. The Morgan fingerprint density at radius 3 is 2.36 bits per heavy atom. The number of hydrogen-bond donors (Lipinski definition) is 2. The number of ether oxygens (including phenoxy) is 1. The highest BCUT2D eigenvalue weighted by atomic mass is 19.1. The first-order chi connectivity index (χ1) is 12.1. The van der Waals surface area contributed by atoms with E-state index in [9.17, 15) is 14.0 Å². The van der Waals surface area contributed by atoms with E-state index in [1.807, 2.05) is 0 Å². The molecule has 0 saturated carbocycles. The van der Waals surface area contributed by atoms with Crippen LogP contribution in [0.2, 0.25) is 0 Å². The molecule has 0 saturated heterocycles. The summed E-state index contributed by atoms with van der Waals surface area (Å²) < 4.78 is 17.8. The van der Waals surface area contributed by atoms with Crippen LogP contribution in [0.25, 0.3) is 0 Å². The van der Waals surface area contributed by atoms with Gasteiger partial charge in [0.1, 0.15) is 5.82 Å². The zero-order chi connectivity index (χ0) is 18.1. The number of carbonyl (C=O) groups excluding carboxylic acids is 2. The third-order valence-electron chi connectivity index (χ3n) is 3.44. The van der Waals surface area contributed by atoms with Crippen LogP contribution in [0.4, 0.5) is 4.39 Å². The fourth-order valence-electron chi connectivity index (χ4n) is 2.10. The lowest BCUT2D eigenvalue weighted by Gasteiger charge is -2.08. The molecule has 1 heterocycles. The van der Waals surface area contributed by atoms with Crippen molar-refractivity contribution in [3.63, 3.8) is 0 Å².